The van der Waals surface area contributed by atoms with Gasteiger partial charge in [-0.05, 0) is 64.7 Å². The first-order valence-electron chi connectivity index (χ1n) is 25.2. The van der Waals surface area contributed by atoms with Crippen molar-refractivity contribution in [3.63, 3.8) is 0 Å². The number of unbranched alkanes of at least 4 members (excludes halogenated alkanes) is 32. The normalized spacial score (nSPS) is 11.2. The zero-order valence-electron chi connectivity index (χ0n) is 39.3. The smallest absolute Gasteiger partial charge is 0.550 e. The van der Waals surface area contributed by atoms with Gasteiger partial charge in [0.1, 0.15) is 0 Å². The molecule has 0 atom stereocenters. The van der Waals surface area contributed by atoms with Gasteiger partial charge < -0.3 is 29.6 Å². The molecular formula is C50H100CaN2O4. The Hall–Kier alpha value is 0.120. The average Bonchev–Trinajstić information content (AvgIpc) is 3.18. The van der Waals surface area contributed by atoms with Crippen molar-refractivity contribution in [1.82, 2.24) is 9.80 Å². The summed E-state index contributed by atoms with van der Waals surface area (Å²) >= 11 is 0. The van der Waals surface area contributed by atoms with Crippen molar-refractivity contribution in [1.29, 1.82) is 0 Å². The number of carbonyl (C=O) groups excluding carboxylic acids is 2. The zero-order chi connectivity index (χ0) is 41.4. The molecule has 0 saturated heterocycles. The van der Waals surface area contributed by atoms with E-state index in [1.165, 1.54) is 231 Å². The quantitative estimate of drug-likeness (QED) is 0.0448. The summed E-state index contributed by atoms with van der Waals surface area (Å²) in [6.45, 7) is 14.6. The summed E-state index contributed by atoms with van der Waals surface area (Å²) < 4.78 is 0. The molecule has 0 aliphatic carbocycles. The standard InChI is InChI=1S/2C25H51NO2.Ca/c2*1-3-5-7-9-11-13-15-17-19-22-26(24-21-25(27)28)23-20-18-16-14-12-10-8-6-4-2;/h2*3-24H2,1-2H3,(H,27,28);/q;;+2/p-2. The van der Waals surface area contributed by atoms with Gasteiger partial charge >= 0.3 is 37.7 Å². The van der Waals surface area contributed by atoms with Crippen LogP contribution < -0.4 is 10.2 Å². The third-order valence-corrected chi connectivity index (χ3v) is 11.6. The van der Waals surface area contributed by atoms with Crippen LogP contribution in [0.2, 0.25) is 0 Å². The van der Waals surface area contributed by atoms with Crippen LogP contribution in [0, 0.1) is 0 Å². The van der Waals surface area contributed by atoms with E-state index in [0.717, 1.165) is 26.2 Å². The second-order valence-electron chi connectivity index (χ2n) is 17.2. The number of aliphatic carboxylic acids is 2. The molecule has 0 aliphatic rings. The van der Waals surface area contributed by atoms with Crippen molar-refractivity contribution < 1.29 is 19.8 Å². The Morgan fingerprint density at radius 2 is 0.439 bits per heavy atom. The molecule has 336 valence electrons. The number of carboxylic acids is 2. The van der Waals surface area contributed by atoms with Crippen LogP contribution in [-0.4, -0.2) is 98.7 Å². The summed E-state index contributed by atoms with van der Waals surface area (Å²) in [5.74, 6) is -1.83. The molecule has 0 rings (SSSR count). The van der Waals surface area contributed by atoms with E-state index in [9.17, 15) is 19.8 Å². The Labute approximate surface area is 387 Å². The molecule has 0 amide bonds. The summed E-state index contributed by atoms with van der Waals surface area (Å²) in [4.78, 5) is 26.3. The van der Waals surface area contributed by atoms with Gasteiger partial charge in [0.15, 0.2) is 0 Å². The van der Waals surface area contributed by atoms with E-state index < -0.39 is 11.9 Å². The number of carbonyl (C=O) groups is 2. The van der Waals surface area contributed by atoms with Crippen molar-refractivity contribution in [3.8, 4) is 0 Å². The van der Waals surface area contributed by atoms with Crippen LogP contribution >= 0.6 is 0 Å². The molecule has 6 nitrogen and oxygen atoms in total. The second-order valence-corrected chi connectivity index (χ2v) is 17.2. The van der Waals surface area contributed by atoms with Crippen molar-refractivity contribution in [2.45, 2.75) is 272 Å². The van der Waals surface area contributed by atoms with Crippen molar-refractivity contribution >= 4 is 49.7 Å². The summed E-state index contributed by atoms with van der Waals surface area (Å²) in [5.41, 5.74) is 0. The molecule has 0 saturated carbocycles. The summed E-state index contributed by atoms with van der Waals surface area (Å²) in [6.07, 6.45) is 48.6. The van der Waals surface area contributed by atoms with Gasteiger partial charge in [-0.25, -0.2) is 0 Å². The minimum absolute atomic E-state index is 0. The Morgan fingerprint density at radius 3 is 0.596 bits per heavy atom. The Balaban J connectivity index is -0.00000101. The number of hydrogen-bond donors (Lipinski definition) is 0. The number of nitrogens with zero attached hydrogens (tertiary/aromatic N) is 2. The topological polar surface area (TPSA) is 86.7 Å². The number of hydrogen-bond acceptors (Lipinski definition) is 6. The fourth-order valence-corrected chi connectivity index (χ4v) is 7.75. The zero-order valence-corrected chi connectivity index (χ0v) is 41.6. The van der Waals surface area contributed by atoms with E-state index in [1.807, 2.05) is 0 Å². The molecule has 7 heteroatoms. The predicted octanol–water partition coefficient (Wildman–Crippen LogP) is 12.6. The van der Waals surface area contributed by atoms with Gasteiger partial charge in [-0.3, -0.25) is 0 Å². The summed E-state index contributed by atoms with van der Waals surface area (Å²) in [5, 5.41) is 21.6. The first-order chi connectivity index (χ1) is 27.4. The van der Waals surface area contributed by atoms with Crippen LogP contribution in [-0.2, 0) is 9.59 Å². The number of carboxylic acid groups (broad SMARTS) is 2. The molecule has 0 bridgehead atoms. The van der Waals surface area contributed by atoms with Gasteiger partial charge in [0.25, 0.3) is 0 Å². The molecule has 0 spiro atoms. The molecule has 0 radical (unpaired) electrons. The molecular weight excluding hydrogens is 733 g/mol. The van der Waals surface area contributed by atoms with Gasteiger partial charge in [-0.2, -0.15) is 0 Å². The first kappa shape index (κ1) is 61.4. The third-order valence-electron chi connectivity index (χ3n) is 11.6. The van der Waals surface area contributed by atoms with Gasteiger partial charge in [-0.15, -0.1) is 0 Å². The fourth-order valence-electron chi connectivity index (χ4n) is 7.75. The second kappa shape index (κ2) is 54.1. The van der Waals surface area contributed by atoms with E-state index in [4.69, 9.17) is 0 Å². The maximum Gasteiger partial charge on any atom is 2.00 e. The van der Waals surface area contributed by atoms with Crippen molar-refractivity contribution in [2.24, 2.45) is 0 Å². The molecule has 0 unspecified atom stereocenters. The molecule has 0 N–H and O–H groups in total. The molecule has 0 aromatic rings. The maximum absolute atomic E-state index is 10.8. The summed E-state index contributed by atoms with van der Waals surface area (Å²) in [6, 6.07) is 0. The molecule has 0 heterocycles. The minimum Gasteiger partial charge on any atom is -0.550 e. The molecule has 57 heavy (non-hydrogen) atoms. The van der Waals surface area contributed by atoms with E-state index >= 15 is 0 Å². The summed E-state index contributed by atoms with van der Waals surface area (Å²) in [7, 11) is 0. The van der Waals surface area contributed by atoms with Gasteiger partial charge in [0, 0.05) is 25.0 Å². The molecule has 0 aromatic carbocycles. The van der Waals surface area contributed by atoms with E-state index in [1.54, 1.807) is 0 Å². The Bertz CT molecular complexity index is 665. The van der Waals surface area contributed by atoms with E-state index in [-0.39, 0.29) is 50.6 Å². The van der Waals surface area contributed by atoms with E-state index in [0.29, 0.717) is 13.1 Å². The third kappa shape index (κ3) is 56.1. The van der Waals surface area contributed by atoms with Crippen LogP contribution in [0.5, 0.6) is 0 Å². The minimum atomic E-state index is -0.913. The van der Waals surface area contributed by atoms with Crippen molar-refractivity contribution in [3.05, 3.63) is 0 Å². The van der Waals surface area contributed by atoms with Crippen LogP contribution in [0.25, 0.3) is 0 Å². The molecule has 0 aromatic heterocycles. The fraction of sp³-hybridized carbons (Fsp3) is 0.960. The van der Waals surface area contributed by atoms with Crippen LogP contribution in [0.4, 0.5) is 0 Å². The van der Waals surface area contributed by atoms with Crippen LogP contribution in [0.1, 0.15) is 272 Å². The van der Waals surface area contributed by atoms with Crippen molar-refractivity contribution in [2.75, 3.05) is 39.3 Å². The van der Waals surface area contributed by atoms with Crippen LogP contribution in [0.3, 0.4) is 0 Å². The largest absolute Gasteiger partial charge is 2.00 e. The Morgan fingerprint density at radius 1 is 0.281 bits per heavy atom. The van der Waals surface area contributed by atoms with Gasteiger partial charge in [-0.1, -0.05) is 233 Å². The first-order valence-corrected chi connectivity index (χ1v) is 25.2. The van der Waals surface area contributed by atoms with E-state index in [2.05, 4.69) is 37.5 Å². The maximum atomic E-state index is 10.8. The monoisotopic (exact) mass is 833 g/mol. The van der Waals surface area contributed by atoms with Gasteiger partial charge in [0.05, 0.1) is 0 Å². The molecule has 0 aliphatic heterocycles. The number of rotatable bonds is 46. The predicted molar refractivity (Wildman–Crippen MR) is 247 cm³/mol. The average molecular weight is 833 g/mol. The van der Waals surface area contributed by atoms with Crippen LogP contribution in [0.15, 0.2) is 0 Å². The SMILES string of the molecule is CCCCCCCCCCCN(CCCCCCCCCCC)CCC(=O)[O-].CCCCCCCCCCCN(CCCCCCCCCCC)CCC(=O)[O-].[Ca+2]. The Kier molecular flexibility index (Phi) is 58.3. The molecule has 0 fully saturated rings. The van der Waals surface area contributed by atoms with Gasteiger partial charge in [0.2, 0.25) is 0 Å².